The monoisotopic (exact) mass is 838 g/mol. The first-order chi connectivity index (χ1) is 23.4. The summed E-state index contributed by atoms with van der Waals surface area (Å²) in [6.45, 7) is 19.0. The zero-order chi connectivity index (χ0) is 42.4. The van der Waals surface area contributed by atoms with Gasteiger partial charge >= 0.3 is 26.2 Å². The van der Waals surface area contributed by atoms with Crippen molar-refractivity contribution in [2.24, 2.45) is 47.3 Å². The Bertz CT molecular complexity index is 966. The number of hydrogen-bond acceptors (Lipinski definition) is 16. The minimum Gasteiger partial charge on any atom is -0.535 e. The molecule has 0 heterocycles. The summed E-state index contributed by atoms with van der Waals surface area (Å²) >= 11 is 0. The molecular weight excluding hydrogens is 780 g/mol. The number of aliphatic hydroxyl groups is 8. The van der Waals surface area contributed by atoms with E-state index >= 15 is 0 Å². The fourth-order valence-electron chi connectivity index (χ4n) is 2.69. The van der Waals surface area contributed by atoms with Crippen LogP contribution in [0.3, 0.4) is 0 Å². The molecule has 0 saturated heterocycles. The second-order valence-corrected chi connectivity index (χ2v) is 13.4. The number of aliphatic hydroxyl groups excluding tert-OH is 4. The Hall–Kier alpha value is -2.08. The van der Waals surface area contributed by atoms with Crippen molar-refractivity contribution in [3.8, 4) is 0 Å². The van der Waals surface area contributed by atoms with Gasteiger partial charge in [-0.15, -0.1) is 0 Å². The Morgan fingerprint density at radius 3 is 0.491 bits per heavy atom. The van der Waals surface area contributed by atoms with E-state index in [1.165, 1.54) is 27.7 Å². The minimum atomic E-state index is -0.970. The van der Waals surface area contributed by atoms with Crippen molar-refractivity contribution in [2.75, 3.05) is 0 Å². The number of rotatable bonds is 20. The number of hydrogen-bond donors (Lipinski definition) is 8. The largest absolute Gasteiger partial charge is 4.00 e. The maximum absolute atomic E-state index is 11.1. The molecule has 0 aliphatic rings. The molecule has 0 bridgehead atoms. The first kappa shape index (κ1) is 60.2. The second-order valence-electron chi connectivity index (χ2n) is 13.4. The first-order valence-corrected chi connectivity index (χ1v) is 16.6. The van der Waals surface area contributed by atoms with Gasteiger partial charge in [0.25, 0.3) is 0 Å². The van der Waals surface area contributed by atoms with Crippen molar-refractivity contribution in [3.05, 3.63) is 25.2 Å². The summed E-state index contributed by atoms with van der Waals surface area (Å²) < 4.78 is 0. The molecule has 53 heavy (non-hydrogen) atoms. The van der Waals surface area contributed by atoms with Gasteiger partial charge in [0.1, 0.15) is 46.3 Å². The predicted octanol–water partition coefficient (Wildman–Crippen LogP) is 4.16. The van der Waals surface area contributed by atoms with E-state index in [0.717, 1.165) is 0 Å². The van der Waals surface area contributed by atoms with Crippen LogP contribution in [-0.4, -0.2) is 87.1 Å². The molecule has 17 heteroatoms. The quantitative estimate of drug-likeness (QED) is 0.0630. The standard InChI is InChI=1S/4C9H15O4.Zr/c4*1-5(2)7(10)4-8(11)6(3)9(12)13;/h4*5-6,12-13H,4H2,1-3H3;/q4*-1;+4. The summed E-state index contributed by atoms with van der Waals surface area (Å²) in [7, 11) is 0. The van der Waals surface area contributed by atoms with Crippen molar-refractivity contribution < 1.29 is 105 Å². The van der Waals surface area contributed by atoms with Crippen molar-refractivity contribution >= 4 is 46.3 Å². The average Bonchev–Trinajstić information content (AvgIpc) is 3.03. The molecule has 0 amide bonds. The fraction of sp³-hybridized carbons (Fsp3) is 0.667. The Kier molecular flexibility index (Phi) is 35.4. The fourth-order valence-corrected chi connectivity index (χ4v) is 2.69. The van der Waals surface area contributed by atoms with Gasteiger partial charge in [-0.05, 0) is 0 Å². The summed E-state index contributed by atoms with van der Waals surface area (Å²) in [6, 6.07) is 0. The third-order valence-corrected chi connectivity index (χ3v) is 7.45. The maximum Gasteiger partial charge on any atom is 4.00 e. The minimum absolute atomic E-state index is 0. The van der Waals surface area contributed by atoms with Crippen molar-refractivity contribution in [2.45, 2.75) is 109 Å². The number of Topliss-reactive ketones (excluding diaryl/α,β-unsaturated/α-hetero) is 8. The average molecular weight is 840 g/mol. The van der Waals surface area contributed by atoms with Crippen LogP contribution in [0, 0.1) is 72.5 Å². The van der Waals surface area contributed by atoms with Gasteiger partial charge in [-0.1, -0.05) is 132 Å². The normalized spacial score (nSPS) is 13.2. The molecule has 0 aliphatic heterocycles. The van der Waals surface area contributed by atoms with Crippen molar-refractivity contribution in [1.82, 2.24) is 0 Å². The molecule has 16 nitrogen and oxygen atoms in total. The van der Waals surface area contributed by atoms with Crippen LogP contribution >= 0.6 is 0 Å². The zero-order valence-electron chi connectivity index (χ0n) is 32.8. The SMILES string of the molecule is CC(C)C(=O)CC(=O)C(C)[C-](O)O.CC(C)C(=O)CC(=O)C(C)[C-](O)O.CC(C)C(=O)CC(=O)C(C)[C-](O)O.CC(C)C(=O)CC(=O)C(C)[C-](O)O.[Zr+4]. The molecule has 0 spiro atoms. The molecule has 0 saturated carbocycles. The van der Waals surface area contributed by atoms with E-state index < -0.39 is 72.0 Å². The van der Waals surface area contributed by atoms with Gasteiger partial charge in [0.15, 0.2) is 0 Å². The van der Waals surface area contributed by atoms with Gasteiger partial charge in [0, 0.05) is 23.7 Å². The van der Waals surface area contributed by atoms with E-state index in [1.54, 1.807) is 55.4 Å². The number of ketones is 8. The summed E-state index contributed by atoms with van der Waals surface area (Å²) in [5.41, 5.74) is 0. The van der Waals surface area contributed by atoms with Crippen LogP contribution in [0.5, 0.6) is 0 Å². The smallest absolute Gasteiger partial charge is 0.535 e. The van der Waals surface area contributed by atoms with Crippen LogP contribution in [0.2, 0.25) is 0 Å². The third kappa shape index (κ3) is 29.9. The summed E-state index contributed by atoms with van der Waals surface area (Å²) in [5.74, 6) is -7.24. The van der Waals surface area contributed by atoms with E-state index in [4.69, 9.17) is 40.9 Å². The Morgan fingerprint density at radius 2 is 0.415 bits per heavy atom. The molecule has 8 N–H and O–H groups in total. The molecule has 0 aliphatic carbocycles. The van der Waals surface area contributed by atoms with Crippen LogP contribution < -0.4 is 0 Å². The van der Waals surface area contributed by atoms with Crippen LogP contribution in [0.4, 0.5) is 0 Å². The Morgan fingerprint density at radius 1 is 0.302 bits per heavy atom. The molecule has 0 fully saturated rings. The predicted molar refractivity (Wildman–Crippen MR) is 183 cm³/mol. The number of carbonyl (C=O) groups is 8. The molecule has 4 unspecified atom stereocenters. The maximum atomic E-state index is 11.1. The first-order valence-electron chi connectivity index (χ1n) is 16.6. The van der Waals surface area contributed by atoms with Crippen molar-refractivity contribution in [1.29, 1.82) is 0 Å². The summed E-state index contributed by atoms with van der Waals surface area (Å²) in [4.78, 5) is 88.9. The van der Waals surface area contributed by atoms with Gasteiger partial charge in [0.2, 0.25) is 0 Å². The van der Waals surface area contributed by atoms with E-state index in [1.807, 2.05) is 0 Å². The van der Waals surface area contributed by atoms with Crippen LogP contribution in [-0.2, 0) is 64.6 Å². The van der Waals surface area contributed by atoms with E-state index in [2.05, 4.69) is 0 Å². The summed E-state index contributed by atoms with van der Waals surface area (Å²) in [6.07, 6.45) is -4.65. The second kappa shape index (κ2) is 31.2. The molecular formula is C36H60O16Zr. The van der Waals surface area contributed by atoms with Crippen molar-refractivity contribution in [3.63, 3.8) is 0 Å². The summed E-state index contributed by atoms with van der Waals surface area (Å²) in [5, 5.41) is 68.7. The van der Waals surface area contributed by atoms with Gasteiger partial charge in [-0.2, -0.15) is 0 Å². The zero-order valence-corrected chi connectivity index (χ0v) is 35.2. The van der Waals surface area contributed by atoms with E-state index in [0.29, 0.717) is 0 Å². The Balaban J connectivity index is -0.000000192. The topological polar surface area (TPSA) is 298 Å². The molecule has 4 atom stereocenters. The molecule has 304 valence electrons. The van der Waals surface area contributed by atoms with Gasteiger partial charge in [-0.25, -0.2) is 0 Å². The molecule has 0 aromatic carbocycles. The molecule has 0 rings (SSSR count). The van der Waals surface area contributed by atoms with E-state index in [-0.39, 0.29) is 98.7 Å². The number of carbonyl (C=O) groups excluding carboxylic acids is 8. The van der Waals surface area contributed by atoms with Crippen LogP contribution in [0.15, 0.2) is 0 Å². The Labute approximate surface area is 331 Å². The van der Waals surface area contributed by atoms with Gasteiger partial charge in [-0.3, -0.25) is 19.2 Å². The molecule has 0 radical (unpaired) electrons. The molecule has 0 aromatic rings. The van der Waals surface area contributed by atoms with E-state index in [9.17, 15) is 38.4 Å². The van der Waals surface area contributed by atoms with Gasteiger partial charge < -0.3 is 60.0 Å². The third-order valence-electron chi connectivity index (χ3n) is 7.45. The van der Waals surface area contributed by atoms with Gasteiger partial charge in [0.05, 0.1) is 25.7 Å². The molecule has 0 aromatic heterocycles. The van der Waals surface area contributed by atoms with Crippen LogP contribution in [0.25, 0.3) is 0 Å². The van der Waals surface area contributed by atoms with Crippen LogP contribution in [0.1, 0.15) is 109 Å².